The number of thiophene rings is 1. The molecule has 5 nitrogen and oxygen atoms in total. The summed E-state index contributed by atoms with van der Waals surface area (Å²) in [7, 11) is 0. The Morgan fingerprint density at radius 2 is 2.09 bits per heavy atom. The van der Waals surface area contributed by atoms with E-state index in [1.165, 1.54) is 17.0 Å². The zero-order valence-electron chi connectivity index (χ0n) is 18.8. The number of carbonyl (C=O) groups is 2. The van der Waals surface area contributed by atoms with Gasteiger partial charge in [0.2, 0.25) is 11.8 Å². The van der Waals surface area contributed by atoms with Crippen LogP contribution >= 0.6 is 11.3 Å². The predicted octanol–water partition coefficient (Wildman–Crippen LogP) is 4.68. The first-order chi connectivity index (χ1) is 15.4. The first-order valence-electron chi connectivity index (χ1n) is 11.4. The lowest BCUT2D eigenvalue weighted by atomic mass is 10.00. The quantitative estimate of drug-likeness (QED) is 0.548. The molecule has 1 atom stereocenters. The standard InChI is InChI=1S/C25H31FN2O3S/c1-17(2)8-11-27(25(30)18-6-7-18)15-24(29)28-12-9-23-21(10-13-32-23)22(28)16-31-20-5-3-4-19(26)14-20/h3-5,10,13-14,17-18,22H,6-9,11-12,15-16H2,1-2H3. The Balaban J connectivity index is 1.48. The molecule has 2 aliphatic rings. The minimum absolute atomic E-state index is 0.0487. The number of carbonyl (C=O) groups excluding carboxylic acids is 2. The summed E-state index contributed by atoms with van der Waals surface area (Å²) >= 11 is 1.69. The van der Waals surface area contributed by atoms with Gasteiger partial charge in [0.25, 0.3) is 0 Å². The average molecular weight is 459 g/mol. The maximum atomic E-state index is 13.6. The Morgan fingerprint density at radius 3 is 2.81 bits per heavy atom. The van der Waals surface area contributed by atoms with Crippen molar-refractivity contribution in [2.75, 3.05) is 26.2 Å². The smallest absolute Gasteiger partial charge is 0.242 e. The fourth-order valence-corrected chi connectivity index (χ4v) is 5.06. The Morgan fingerprint density at radius 1 is 1.28 bits per heavy atom. The molecule has 0 spiro atoms. The fourth-order valence-electron chi connectivity index (χ4n) is 4.13. The summed E-state index contributed by atoms with van der Waals surface area (Å²) in [5, 5.41) is 2.04. The molecule has 2 aromatic rings. The van der Waals surface area contributed by atoms with Crippen molar-refractivity contribution in [1.29, 1.82) is 0 Å². The van der Waals surface area contributed by atoms with Crippen LogP contribution in [-0.4, -0.2) is 47.9 Å². The second-order valence-corrected chi connectivity index (χ2v) is 10.1. The lowest BCUT2D eigenvalue weighted by Gasteiger charge is -2.37. The highest BCUT2D eigenvalue weighted by Gasteiger charge is 2.37. The summed E-state index contributed by atoms with van der Waals surface area (Å²) in [6, 6.07) is 7.86. The molecule has 0 N–H and O–H groups in total. The third-order valence-electron chi connectivity index (χ3n) is 6.16. The van der Waals surface area contributed by atoms with E-state index in [1.54, 1.807) is 28.4 Å². The normalized spacial score (nSPS) is 17.9. The van der Waals surface area contributed by atoms with Crippen LogP contribution in [0.5, 0.6) is 5.75 Å². The molecule has 1 unspecified atom stereocenters. The van der Waals surface area contributed by atoms with E-state index in [9.17, 15) is 14.0 Å². The van der Waals surface area contributed by atoms with Crippen molar-refractivity contribution < 1.29 is 18.7 Å². The van der Waals surface area contributed by atoms with E-state index in [1.807, 2.05) is 16.3 Å². The van der Waals surface area contributed by atoms with Gasteiger partial charge in [-0.3, -0.25) is 9.59 Å². The Kier molecular flexibility index (Phi) is 7.13. The molecule has 1 fully saturated rings. The molecule has 1 aromatic carbocycles. The van der Waals surface area contributed by atoms with E-state index < -0.39 is 0 Å². The van der Waals surface area contributed by atoms with Gasteiger partial charge in [-0.2, -0.15) is 0 Å². The summed E-state index contributed by atoms with van der Waals surface area (Å²) < 4.78 is 19.5. The molecule has 2 amide bonds. The summed E-state index contributed by atoms with van der Waals surface area (Å²) in [5.41, 5.74) is 1.09. The monoisotopic (exact) mass is 458 g/mol. The minimum Gasteiger partial charge on any atom is -0.491 e. The lowest BCUT2D eigenvalue weighted by molar-refractivity contribution is -0.143. The number of fused-ring (bicyclic) bond motifs is 1. The van der Waals surface area contributed by atoms with Gasteiger partial charge < -0.3 is 14.5 Å². The summed E-state index contributed by atoms with van der Waals surface area (Å²) in [6.07, 6.45) is 3.54. The van der Waals surface area contributed by atoms with E-state index in [0.29, 0.717) is 24.8 Å². The molecule has 1 saturated carbocycles. The molecule has 1 aliphatic heterocycles. The number of benzene rings is 1. The molecule has 172 valence electrons. The van der Waals surface area contributed by atoms with E-state index in [0.717, 1.165) is 31.2 Å². The largest absolute Gasteiger partial charge is 0.491 e. The number of ether oxygens (including phenoxy) is 1. The van der Waals surface area contributed by atoms with Crippen molar-refractivity contribution in [3.8, 4) is 5.75 Å². The summed E-state index contributed by atoms with van der Waals surface area (Å²) in [4.78, 5) is 31.1. The average Bonchev–Trinajstić information content (AvgIpc) is 3.51. The summed E-state index contributed by atoms with van der Waals surface area (Å²) in [6.45, 7) is 5.83. The van der Waals surface area contributed by atoms with Crippen LogP contribution in [0.3, 0.4) is 0 Å². The maximum absolute atomic E-state index is 13.6. The Hall–Kier alpha value is -2.41. The highest BCUT2D eigenvalue weighted by molar-refractivity contribution is 7.10. The van der Waals surface area contributed by atoms with Gasteiger partial charge in [0.15, 0.2) is 0 Å². The molecule has 7 heteroatoms. The van der Waals surface area contributed by atoms with Gasteiger partial charge in [0, 0.05) is 30.0 Å². The van der Waals surface area contributed by atoms with Crippen molar-refractivity contribution in [2.45, 2.75) is 45.6 Å². The minimum atomic E-state index is -0.352. The van der Waals surface area contributed by atoms with Crippen LogP contribution in [0.1, 0.15) is 49.6 Å². The second-order valence-electron chi connectivity index (χ2n) is 9.14. The zero-order valence-corrected chi connectivity index (χ0v) is 19.6. The predicted molar refractivity (Wildman–Crippen MR) is 123 cm³/mol. The molecule has 0 bridgehead atoms. The molecule has 32 heavy (non-hydrogen) atoms. The second kappa shape index (κ2) is 10.0. The van der Waals surface area contributed by atoms with Crippen molar-refractivity contribution in [3.63, 3.8) is 0 Å². The number of hydrogen-bond acceptors (Lipinski definition) is 4. The van der Waals surface area contributed by atoms with Crippen LogP contribution in [0.25, 0.3) is 0 Å². The lowest BCUT2D eigenvalue weighted by Crippen LogP contribution is -2.48. The van der Waals surface area contributed by atoms with Gasteiger partial charge in [-0.15, -0.1) is 11.3 Å². The molecule has 4 rings (SSSR count). The first kappa shape index (κ1) is 22.8. The van der Waals surface area contributed by atoms with Gasteiger partial charge in [0.05, 0.1) is 12.6 Å². The third-order valence-corrected chi connectivity index (χ3v) is 7.16. The molecule has 0 saturated heterocycles. The van der Waals surface area contributed by atoms with E-state index in [2.05, 4.69) is 13.8 Å². The van der Waals surface area contributed by atoms with E-state index >= 15 is 0 Å². The topological polar surface area (TPSA) is 49.9 Å². The summed E-state index contributed by atoms with van der Waals surface area (Å²) in [5.74, 6) is 0.714. The van der Waals surface area contributed by atoms with Crippen molar-refractivity contribution in [1.82, 2.24) is 9.80 Å². The number of halogens is 1. The molecular formula is C25H31FN2O3S. The number of hydrogen-bond donors (Lipinski definition) is 0. The zero-order chi connectivity index (χ0) is 22.7. The van der Waals surface area contributed by atoms with Gasteiger partial charge in [-0.05, 0) is 60.7 Å². The molecule has 1 aromatic heterocycles. The Labute approximate surface area is 193 Å². The Bertz CT molecular complexity index is 956. The van der Waals surface area contributed by atoms with Gasteiger partial charge >= 0.3 is 0 Å². The highest BCUT2D eigenvalue weighted by atomic mass is 32.1. The van der Waals surface area contributed by atoms with Gasteiger partial charge in [-0.1, -0.05) is 19.9 Å². The number of rotatable bonds is 9. The van der Waals surface area contributed by atoms with E-state index in [4.69, 9.17) is 4.74 Å². The van der Waals surface area contributed by atoms with Crippen LogP contribution < -0.4 is 4.74 Å². The van der Waals surface area contributed by atoms with Crippen molar-refractivity contribution >= 4 is 23.2 Å². The molecular weight excluding hydrogens is 427 g/mol. The number of amides is 2. The van der Waals surface area contributed by atoms with Crippen LogP contribution in [-0.2, 0) is 16.0 Å². The molecule has 1 aliphatic carbocycles. The first-order valence-corrected chi connectivity index (χ1v) is 12.3. The van der Waals surface area contributed by atoms with Gasteiger partial charge in [0.1, 0.15) is 18.2 Å². The number of nitrogens with zero attached hydrogens (tertiary/aromatic N) is 2. The van der Waals surface area contributed by atoms with Crippen LogP contribution in [0.4, 0.5) is 4.39 Å². The van der Waals surface area contributed by atoms with Crippen LogP contribution in [0, 0.1) is 17.7 Å². The molecule has 0 radical (unpaired) electrons. The third kappa shape index (κ3) is 5.49. The molecule has 2 heterocycles. The van der Waals surface area contributed by atoms with Crippen molar-refractivity contribution in [2.24, 2.45) is 11.8 Å². The van der Waals surface area contributed by atoms with Crippen LogP contribution in [0.15, 0.2) is 35.7 Å². The van der Waals surface area contributed by atoms with E-state index in [-0.39, 0.29) is 42.7 Å². The van der Waals surface area contributed by atoms with Gasteiger partial charge in [-0.25, -0.2) is 4.39 Å². The van der Waals surface area contributed by atoms with Crippen molar-refractivity contribution in [3.05, 3.63) is 52.0 Å². The highest BCUT2D eigenvalue weighted by Crippen LogP contribution is 2.35. The SMILES string of the molecule is CC(C)CCN(CC(=O)N1CCc2sccc2C1COc1cccc(F)c1)C(=O)C1CC1. The maximum Gasteiger partial charge on any atom is 0.242 e. The van der Waals surface area contributed by atoms with Crippen LogP contribution in [0.2, 0.25) is 0 Å². The fraction of sp³-hybridized carbons (Fsp3) is 0.520.